The number of aliphatic hydroxyl groups excluding tert-OH is 1. The first kappa shape index (κ1) is 15.7. The van der Waals surface area contributed by atoms with Gasteiger partial charge in [-0.05, 0) is 37.5 Å². The number of nitrogens with one attached hydrogen (secondary N) is 1. The predicted molar refractivity (Wildman–Crippen MR) is 75.0 cm³/mol. The van der Waals surface area contributed by atoms with Crippen LogP contribution >= 0.6 is 0 Å². The molecule has 1 rings (SSSR count). The molecule has 0 spiro atoms. The van der Waals surface area contributed by atoms with Crippen molar-refractivity contribution >= 4 is 5.97 Å². The molecule has 0 aliphatic rings. The van der Waals surface area contributed by atoms with Crippen molar-refractivity contribution in [3.63, 3.8) is 0 Å². The molecule has 4 heteroatoms. The van der Waals surface area contributed by atoms with Crippen LogP contribution in [0.4, 0.5) is 0 Å². The second-order valence-electron chi connectivity index (χ2n) is 4.93. The molecule has 0 aromatic heterocycles. The number of methoxy groups -OCH3 is 1. The molecule has 0 saturated heterocycles. The largest absolute Gasteiger partial charge is 0.465 e. The van der Waals surface area contributed by atoms with Gasteiger partial charge < -0.3 is 15.2 Å². The molecule has 1 unspecified atom stereocenters. The number of carbonyl (C=O) groups excluding carboxylic acids is 1. The first-order valence-corrected chi connectivity index (χ1v) is 6.58. The van der Waals surface area contributed by atoms with Gasteiger partial charge in [-0.3, -0.25) is 0 Å². The summed E-state index contributed by atoms with van der Waals surface area (Å²) in [5.74, 6) is -0.321. The Labute approximate surface area is 114 Å². The lowest BCUT2D eigenvalue weighted by Crippen LogP contribution is -2.42. The molecule has 0 heterocycles. The summed E-state index contributed by atoms with van der Waals surface area (Å²) >= 11 is 0. The first-order valence-electron chi connectivity index (χ1n) is 6.58. The normalized spacial score (nSPS) is 13.9. The Morgan fingerprint density at radius 3 is 2.47 bits per heavy atom. The van der Waals surface area contributed by atoms with E-state index in [-0.39, 0.29) is 18.1 Å². The van der Waals surface area contributed by atoms with Crippen LogP contribution in [0.15, 0.2) is 24.3 Å². The Morgan fingerprint density at radius 1 is 1.37 bits per heavy atom. The molecule has 1 aromatic carbocycles. The van der Waals surface area contributed by atoms with Crippen molar-refractivity contribution in [2.24, 2.45) is 0 Å². The number of hydrogen-bond acceptors (Lipinski definition) is 4. The molecule has 106 valence electrons. The van der Waals surface area contributed by atoms with Gasteiger partial charge in [-0.15, -0.1) is 0 Å². The molecular formula is C15H23NO3. The summed E-state index contributed by atoms with van der Waals surface area (Å²) in [6.45, 7) is 5.10. The van der Waals surface area contributed by atoms with Crippen molar-refractivity contribution in [1.29, 1.82) is 0 Å². The molecule has 1 atom stereocenters. The molecule has 0 aliphatic heterocycles. The van der Waals surface area contributed by atoms with Crippen LogP contribution in [0, 0.1) is 0 Å². The highest BCUT2D eigenvalue weighted by Gasteiger charge is 2.20. The Morgan fingerprint density at radius 2 is 2.00 bits per heavy atom. The SMILES string of the molecule is CCC(C)(CCO)NCc1ccc(C(=O)OC)cc1. The Balaban J connectivity index is 2.61. The zero-order chi connectivity index (χ0) is 14.3. The zero-order valence-electron chi connectivity index (χ0n) is 11.9. The van der Waals surface area contributed by atoms with Gasteiger partial charge in [-0.2, -0.15) is 0 Å². The second kappa shape index (κ2) is 7.26. The number of aliphatic hydroxyl groups is 1. The van der Waals surface area contributed by atoms with Crippen LogP contribution in [-0.4, -0.2) is 30.3 Å². The van der Waals surface area contributed by atoms with Gasteiger partial charge >= 0.3 is 5.97 Å². The Bertz CT molecular complexity index is 402. The van der Waals surface area contributed by atoms with E-state index in [0.717, 1.165) is 18.4 Å². The summed E-state index contributed by atoms with van der Waals surface area (Å²) in [6, 6.07) is 7.35. The second-order valence-corrected chi connectivity index (χ2v) is 4.93. The van der Waals surface area contributed by atoms with Gasteiger partial charge in [0.15, 0.2) is 0 Å². The molecule has 19 heavy (non-hydrogen) atoms. The van der Waals surface area contributed by atoms with E-state index in [1.165, 1.54) is 7.11 Å². The third kappa shape index (κ3) is 4.65. The number of hydrogen-bond donors (Lipinski definition) is 2. The topological polar surface area (TPSA) is 58.6 Å². The van der Waals surface area contributed by atoms with Crippen molar-refractivity contribution in [2.45, 2.75) is 38.8 Å². The van der Waals surface area contributed by atoms with E-state index in [1.54, 1.807) is 12.1 Å². The van der Waals surface area contributed by atoms with E-state index < -0.39 is 0 Å². The lowest BCUT2D eigenvalue weighted by molar-refractivity contribution is 0.0600. The fourth-order valence-electron chi connectivity index (χ4n) is 1.83. The number of rotatable bonds is 7. The lowest BCUT2D eigenvalue weighted by atomic mass is 9.94. The maximum atomic E-state index is 11.3. The molecule has 2 N–H and O–H groups in total. The summed E-state index contributed by atoms with van der Waals surface area (Å²) in [7, 11) is 1.37. The van der Waals surface area contributed by atoms with Crippen molar-refractivity contribution in [3.05, 3.63) is 35.4 Å². The summed E-state index contributed by atoms with van der Waals surface area (Å²) in [5.41, 5.74) is 1.60. The molecule has 4 nitrogen and oxygen atoms in total. The molecule has 0 aliphatic carbocycles. The van der Waals surface area contributed by atoms with Crippen molar-refractivity contribution in [3.8, 4) is 0 Å². The molecule has 0 radical (unpaired) electrons. The fourth-order valence-corrected chi connectivity index (χ4v) is 1.83. The molecule has 0 amide bonds. The number of ether oxygens (including phenoxy) is 1. The van der Waals surface area contributed by atoms with E-state index in [1.807, 2.05) is 12.1 Å². The van der Waals surface area contributed by atoms with Crippen molar-refractivity contribution in [1.82, 2.24) is 5.32 Å². The van der Waals surface area contributed by atoms with Gasteiger partial charge in [-0.1, -0.05) is 19.1 Å². The summed E-state index contributed by atoms with van der Waals surface area (Å²) in [4.78, 5) is 11.3. The minimum atomic E-state index is -0.321. The van der Waals surface area contributed by atoms with Gasteiger partial charge in [0.1, 0.15) is 0 Å². The van der Waals surface area contributed by atoms with E-state index in [2.05, 4.69) is 23.9 Å². The van der Waals surface area contributed by atoms with Gasteiger partial charge in [0.25, 0.3) is 0 Å². The molecule has 0 bridgehead atoms. The van der Waals surface area contributed by atoms with Crippen molar-refractivity contribution in [2.75, 3.05) is 13.7 Å². The van der Waals surface area contributed by atoms with Crippen LogP contribution in [0.5, 0.6) is 0 Å². The lowest BCUT2D eigenvalue weighted by Gasteiger charge is -2.29. The maximum absolute atomic E-state index is 11.3. The molecular weight excluding hydrogens is 242 g/mol. The van der Waals surface area contributed by atoms with Crippen molar-refractivity contribution < 1.29 is 14.6 Å². The van der Waals surface area contributed by atoms with Crippen LogP contribution in [0.1, 0.15) is 42.6 Å². The zero-order valence-corrected chi connectivity index (χ0v) is 11.9. The first-order chi connectivity index (χ1) is 9.04. The van der Waals surface area contributed by atoms with E-state index in [4.69, 9.17) is 5.11 Å². The highest BCUT2D eigenvalue weighted by molar-refractivity contribution is 5.89. The smallest absolute Gasteiger partial charge is 0.337 e. The van der Waals surface area contributed by atoms with Crippen LogP contribution in [0.25, 0.3) is 0 Å². The van der Waals surface area contributed by atoms with Gasteiger partial charge in [0, 0.05) is 18.7 Å². The van der Waals surface area contributed by atoms with E-state index >= 15 is 0 Å². The highest BCUT2D eigenvalue weighted by Crippen LogP contribution is 2.15. The maximum Gasteiger partial charge on any atom is 0.337 e. The van der Waals surface area contributed by atoms with E-state index in [0.29, 0.717) is 12.1 Å². The van der Waals surface area contributed by atoms with Crippen LogP contribution < -0.4 is 5.32 Å². The van der Waals surface area contributed by atoms with Crippen LogP contribution in [0.2, 0.25) is 0 Å². The number of esters is 1. The van der Waals surface area contributed by atoms with E-state index in [9.17, 15) is 4.79 Å². The van der Waals surface area contributed by atoms with Gasteiger partial charge in [-0.25, -0.2) is 4.79 Å². The van der Waals surface area contributed by atoms with Crippen LogP contribution in [-0.2, 0) is 11.3 Å². The number of carbonyl (C=O) groups is 1. The average molecular weight is 265 g/mol. The summed E-state index contributed by atoms with van der Waals surface area (Å²) in [5, 5.41) is 12.5. The third-order valence-corrected chi connectivity index (χ3v) is 3.54. The summed E-state index contributed by atoms with van der Waals surface area (Å²) in [6.07, 6.45) is 1.68. The average Bonchev–Trinajstić information content (AvgIpc) is 2.45. The Hall–Kier alpha value is -1.39. The monoisotopic (exact) mass is 265 g/mol. The summed E-state index contributed by atoms with van der Waals surface area (Å²) < 4.78 is 4.66. The molecule has 0 saturated carbocycles. The predicted octanol–water partition coefficient (Wildman–Crippen LogP) is 2.11. The standard InChI is InChI=1S/C15H23NO3/c1-4-15(2,9-10-17)16-11-12-5-7-13(8-6-12)14(18)19-3/h5-8,16-17H,4,9-11H2,1-3H3. The fraction of sp³-hybridized carbons (Fsp3) is 0.533. The van der Waals surface area contributed by atoms with Gasteiger partial charge in [0.2, 0.25) is 0 Å². The van der Waals surface area contributed by atoms with Gasteiger partial charge in [0.05, 0.1) is 12.7 Å². The highest BCUT2D eigenvalue weighted by atomic mass is 16.5. The Kier molecular flexibility index (Phi) is 5.99. The number of benzene rings is 1. The molecule has 0 fully saturated rings. The minimum Gasteiger partial charge on any atom is -0.465 e. The minimum absolute atomic E-state index is 0.0598. The molecule has 1 aromatic rings. The third-order valence-electron chi connectivity index (χ3n) is 3.54. The quantitative estimate of drug-likeness (QED) is 0.741. The van der Waals surface area contributed by atoms with Crippen LogP contribution in [0.3, 0.4) is 0 Å².